The first-order valence-electron chi connectivity index (χ1n) is 7.20. The highest BCUT2D eigenvalue weighted by Crippen LogP contribution is 2.24. The molecule has 7 nitrogen and oxygen atoms in total. The maximum absolute atomic E-state index is 12.0. The molecule has 1 aliphatic heterocycles. The van der Waals surface area contributed by atoms with Crippen molar-refractivity contribution < 1.29 is 22.7 Å². The lowest BCUT2D eigenvalue weighted by molar-refractivity contribution is -0.124. The van der Waals surface area contributed by atoms with Crippen LogP contribution in [0.25, 0.3) is 0 Å². The van der Waals surface area contributed by atoms with E-state index in [0.29, 0.717) is 17.9 Å². The Kier molecular flexibility index (Phi) is 4.93. The predicted octanol–water partition coefficient (Wildman–Crippen LogP) is 0.717. The number of para-hydroxylation sites is 2. The number of carbonyl (C=O) groups is 2. The number of hydrogen-bond donors (Lipinski definition) is 2. The number of rotatable bonds is 5. The van der Waals surface area contributed by atoms with Crippen molar-refractivity contribution >= 4 is 27.3 Å². The van der Waals surface area contributed by atoms with E-state index in [2.05, 4.69) is 10.6 Å². The van der Waals surface area contributed by atoms with Crippen molar-refractivity contribution in [3.05, 3.63) is 24.3 Å². The monoisotopic (exact) mass is 340 g/mol. The maximum atomic E-state index is 12.0. The van der Waals surface area contributed by atoms with Crippen molar-refractivity contribution in [2.75, 3.05) is 23.4 Å². The zero-order chi connectivity index (χ0) is 17.1. The van der Waals surface area contributed by atoms with Gasteiger partial charge in [-0.25, -0.2) is 8.42 Å². The molecule has 1 fully saturated rings. The molecule has 1 heterocycles. The summed E-state index contributed by atoms with van der Waals surface area (Å²) in [6.45, 7) is 2.83. The van der Waals surface area contributed by atoms with Crippen molar-refractivity contribution in [2.24, 2.45) is 0 Å². The third-order valence-corrected chi connectivity index (χ3v) is 5.40. The lowest BCUT2D eigenvalue weighted by Gasteiger charge is -2.24. The number of hydrogen-bond acceptors (Lipinski definition) is 5. The Hall–Kier alpha value is -2.09. The summed E-state index contributed by atoms with van der Waals surface area (Å²) in [4.78, 5) is 23.1. The van der Waals surface area contributed by atoms with Crippen molar-refractivity contribution in [3.63, 3.8) is 0 Å². The van der Waals surface area contributed by atoms with Gasteiger partial charge in [-0.15, -0.1) is 0 Å². The molecule has 1 atom stereocenters. The first kappa shape index (κ1) is 17.3. The molecular formula is C15H20N2O5S. The van der Waals surface area contributed by atoms with Gasteiger partial charge in [0.15, 0.2) is 16.4 Å². The molecule has 23 heavy (non-hydrogen) atoms. The summed E-state index contributed by atoms with van der Waals surface area (Å²) in [6.07, 6.45) is 0.392. The van der Waals surface area contributed by atoms with E-state index in [1.807, 2.05) is 0 Å². The molecule has 1 saturated heterocycles. The Balaban J connectivity index is 1.94. The standard InChI is InChI=1S/C15H20N2O5S/c1-11(18)16-12-5-3-4-6-13(12)22-9-14(19)17-15(2)7-8-23(20,21)10-15/h3-6H,7-10H2,1-2H3,(H,16,18)(H,17,19)/t15-/m0/s1. The summed E-state index contributed by atoms with van der Waals surface area (Å²) in [5, 5.41) is 5.32. The minimum absolute atomic E-state index is 0.0613. The van der Waals surface area contributed by atoms with Crippen LogP contribution in [0.15, 0.2) is 24.3 Å². The van der Waals surface area contributed by atoms with E-state index in [-0.39, 0.29) is 24.0 Å². The van der Waals surface area contributed by atoms with Gasteiger partial charge in [0.2, 0.25) is 5.91 Å². The Morgan fingerprint density at radius 2 is 2.00 bits per heavy atom. The van der Waals surface area contributed by atoms with Gasteiger partial charge in [0, 0.05) is 6.92 Å². The summed E-state index contributed by atoms with van der Waals surface area (Å²) in [5.41, 5.74) is -0.279. The van der Waals surface area contributed by atoms with E-state index in [9.17, 15) is 18.0 Å². The molecule has 1 aromatic carbocycles. The van der Waals surface area contributed by atoms with Crippen LogP contribution in [0.1, 0.15) is 20.3 Å². The molecule has 2 N–H and O–H groups in total. The Bertz CT molecular complexity index is 716. The second-order valence-corrected chi connectivity index (χ2v) is 8.10. The van der Waals surface area contributed by atoms with Crippen LogP contribution in [0, 0.1) is 0 Å². The van der Waals surface area contributed by atoms with E-state index in [4.69, 9.17) is 4.74 Å². The molecule has 1 aliphatic rings. The van der Waals surface area contributed by atoms with Gasteiger partial charge in [-0.3, -0.25) is 9.59 Å². The van der Waals surface area contributed by atoms with E-state index in [0.717, 1.165) is 0 Å². The summed E-state index contributed by atoms with van der Waals surface area (Å²) >= 11 is 0. The molecule has 0 unspecified atom stereocenters. The molecule has 8 heteroatoms. The molecule has 0 saturated carbocycles. The predicted molar refractivity (Wildman–Crippen MR) is 86.1 cm³/mol. The van der Waals surface area contributed by atoms with Crippen molar-refractivity contribution in [2.45, 2.75) is 25.8 Å². The number of ether oxygens (including phenoxy) is 1. The zero-order valence-corrected chi connectivity index (χ0v) is 13.9. The average Bonchev–Trinajstić information content (AvgIpc) is 2.70. The highest BCUT2D eigenvalue weighted by molar-refractivity contribution is 7.91. The zero-order valence-electron chi connectivity index (χ0n) is 13.1. The SMILES string of the molecule is CC(=O)Nc1ccccc1OCC(=O)N[C@@]1(C)CCS(=O)(=O)C1. The molecule has 0 radical (unpaired) electrons. The molecule has 0 aliphatic carbocycles. The summed E-state index contributed by atoms with van der Waals surface area (Å²) in [7, 11) is -3.09. The second kappa shape index (κ2) is 6.57. The van der Waals surface area contributed by atoms with Crippen LogP contribution in [0.4, 0.5) is 5.69 Å². The summed E-state index contributed by atoms with van der Waals surface area (Å²) in [5.74, 6) is -0.247. The maximum Gasteiger partial charge on any atom is 0.258 e. The first-order valence-corrected chi connectivity index (χ1v) is 9.02. The Labute approximate surface area is 135 Å². The number of carbonyl (C=O) groups excluding carboxylic acids is 2. The summed E-state index contributed by atoms with van der Waals surface area (Å²) < 4.78 is 28.5. The Morgan fingerprint density at radius 1 is 1.30 bits per heavy atom. The number of amides is 2. The molecule has 126 valence electrons. The quantitative estimate of drug-likeness (QED) is 0.822. The number of benzene rings is 1. The van der Waals surface area contributed by atoms with Crippen LogP contribution in [-0.2, 0) is 19.4 Å². The fraction of sp³-hybridized carbons (Fsp3) is 0.467. The molecule has 2 amide bonds. The molecule has 0 aromatic heterocycles. The minimum Gasteiger partial charge on any atom is -0.482 e. The largest absolute Gasteiger partial charge is 0.482 e. The van der Waals surface area contributed by atoms with Gasteiger partial charge in [0.25, 0.3) is 5.91 Å². The molecular weight excluding hydrogens is 320 g/mol. The molecule has 0 spiro atoms. The van der Waals surface area contributed by atoms with E-state index in [1.54, 1.807) is 31.2 Å². The van der Waals surface area contributed by atoms with Crippen molar-refractivity contribution in [1.82, 2.24) is 5.32 Å². The van der Waals surface area contributed by atoms with Crippen LogP contribution in [0.5, 0.6) is 5.75 Å². The van der Waals surface area contributed by atoms with Gasteiger partial charge in [0.1, 0.15) is 5.75 Å². The van der Waals surface area contributed by atoms with Gasteiger partial charge in [-0.1, -0.05) is 12.1 Å². The lowest BCUT2D eigenvalue weighted by Crippen LogP contribution is -2.48. The summed E-state index contributed by atoms with van der Waals surface area (Å²) in [6, 6.07) is 6.77. The normalized spacial score (nSPS) is 22.3. The second-order valence-electron chi connectivity index (χ2n) is 5.92. The van der Waals surface area contributed by atoms with Gasteiger partial charge in [0.05, 0.1) is 22.7 Å². The van der Waals surface area contributed by atoms with Gasteiger partial charge in [-0.2, -0.15) is 0 Å². The van der Waals surface area contributed by atoms with Crippen molar-refractivity contribution in [3.8, 4) is 5.75 Å². The molecule has 0 bridgehead atoms. The average molecular weight is 340 g/mol. The van der Waals surface area contributed by atoms with Gasteiger partial charge in [-0.05, 0) is 25.5 Å². The topological polar surface area (TPSA) is 102 Å². The van der Waals surface area contributed by atoms with Crippen LogP contribution in [0.3, 0.4) is 0 Å². The smallest absolute Gasteiger partial charge is 0.258 e. The number of sulfone groups is 1. The van der Waals surface area contributed by atoms with Crippen molar-refractivity contribution in [1.29, 1.82) is 0 Å². The van der Waals surface area contributed by atoms with E-state index < -0.39 is 21.3 Å². The van der Waals surface area contributed by atoms with E-state index in [1.165, 1.54) is 6.92 Å². The Morgan fingerprint density at radius 3 is 2.61 bits per heavy atom. The van der Waals surface area contributed by atoms with Crippen LogP contribution < -0.4 is 15.4 Å². The minimum atomic E-state index is -3.09. The lowest BCUT2D eigenvalue weighted by atomic mass is 10.0. The number of anilines is 1. The van der Waals surface area contributed by atoms with Crippen LogP contribution in [0.2, 0.25) is 0 Å². The third kappa shape index (κ3) is 4.95. The molecule has 1 aromatic rings. The third-order valence-electron chi connectivity index (χ3n) is 3.50. The highest BCUT2D eigenvalue weighted by Gasteiger charge is 2.39. The van der Waals surface area contributed by atoms with E-state index >= 15 is 0 Å². The van der Waals surface area contributed by atoms with Gasteiger partial charge >= 0.3 is 0 Å². The fourth-order valence-corrected chi connectivity index (χ4v) is 4.60. The highest BCUT2D eigenvalue weighted by atomic mass is 32.2. The fourth-order valence-electron chi connectivity index (χ4n) is 2.51. The molecule has 2 rings (SSSR count). The van der Waals surface area contributed by atoms with Crippen LogP contribution in [-0.4, -0.2) is 43.9 Å². The van der Waals surface area contributed by atoms with Gasteiger partial charge < -0.3 is 15.4 Å². The number of nitrogens with one attached hydrogen (secondary N) is 2. The van der Waals surface area contributed by atoms with Crippen LogP contribution >= 0.6 is 0 Å². The first-order chi connectivity index (χ1) is 10.7.